The lowest BCUT2D eigenvalue weighted by atomic mass is 10.0. The van der Waals surface area contributed by atoms with Crippen molar-refractivity contribution in [2.75, 3.05) is 24.2 Å². The lowest BCUT2D eigenvalue weighted by molar-refractivity contribution is -0.127. The summed E-state index contributed by atoms with van der Waals surface area (Å²) in [6.45, 7) is 0.424. The van der Waals surface area contributed by atoms with Crippen molar-refractivity contribution in [3.8, 4) is 0 Å². The van der Waals surface area contributed by atoms with Crippen LogP contribution in [0.2, 0.25) is 0 Å². The van der Waals surface area contributed by atoms with E-state index in [2.05, 4.69) is 22.8 Å². The SMILES string of the molecule is CN1C[C@@H](C(=O)Nc2ccccc2NC(=O)C[C@H]2C=CCC2)CC1=O. The number of anilines is 2. The van der Waals surface area contributed by atoms with Crippen LogP contribution in [0, 0.1) is 11.8 Å². The minimum atomic E-state index is -0.357. The molecule has 1 saturated heterocycles. The number of nitrogens with one attached hydrogen (secondary N) is 2. The van der Waals surface area contributed by atoms with Gasteiger partial charge < -0.3 is 15.5 Å². The largest absolute Gasteiger partial charge is 0.345 e. The molecule has 2 atom stereocenters. The maximum absolute atomic E-state index is 12.4. The first-order valence-electron chi connectivity index (χ1n) is 8.63. The monoisotopic (exact) mass is 341 g/mol. The summed E-state index contributed by atoms with van der Waals surface area (Å²) in [5.74, 6) is -0.342. The summed E-state index contributed by atoms with van der Waals surface area (Å²) in [5.41, 5.74) is 1.14. The predicted molar refractivity (Wildman–Crippen MR) is 95.9 cm³/mol. The third-order valence-electron chi connectivity index (χ3n) is 4.73. The first kappa shape index (κ1) is 17.2. The molecular formula is C19H23N3O3. The summed E-state index contributed by atoms with van der Waals surface area (Å²) < 4.78 is 0. The normalized spacial score (nSPS) is 22.3. The minimum absolute atomic E-state index is 0.0219. The summed E-state index contributed by atoms with van der Waals surface area (Å²) in [4.78, 5) is 37.8. The van der Waals surface area contributed by atoms with Gasteiger partial charge in [0.25, 0.3) is 0 Å². The number of nitrogens with zero attached hydrogens (tertiary/aromatic N) is 1. The predicted octanol–water partition coefficient (Wildman–Crippen LogP) is 2.40. The molecule has 0 saturated carbocycles. The van der Waals surface area contributed by atoms with Crippen LogP contribution in [0.4, 0.5) is 11.4 Å². The van der Waals surface area contributed by atoms with Gasteiger partial charge in [-0.05, 0) is 30.9 Å². The number of carbonyl (C=O) groups is 3. The van der Waals surface area contributed by atoms with E-state index in [4.69, 9.17) is 0 Å². The molecule has 25 heavy (non-hydrogen) atoms. The van der Waals surface area contributed by atoms with Crippen LogP contribution in [-0.4, -0.2) is 36.2 Å². The van der Waals surface area contributed by atoms with Gasteiger partial charge in [-0.25, -0.2) is 0 Å². The van der Waals surface area contributed by atoms with Gasteiger partial charge in [-0.15, -0.1) is 0 Å². The second kappa shape index (κ2) is 7.51. The molecule has 1 aliphatic heterocycles. The van der Waals surface area contributed by atoms with E-state index in [-0.39, 0.29) is 30.1 Å². The van der Waals surface area contributed by atoms with Crippen molar-refractivity contribution in [1.29, 1.82) is 0 Å². The van der Waals surface area contributed by atoms with E-state index in [1.165, 1.54) is 0 Å². The Hall–Kier alpha value is -2.63. The zero-order valence-electron chi connectivity index (χ0n) is 14.3. The van der Waals surface area contributed by atoms with Gasteiger partial charge >= 0.3 is 0 Å². The van der Waals surface area contributed by atoms with Crippen molar-refractivity contribution in [1.82, 2.24) is 4.90 Å². The third kappa shape index (κ3) is 4.26. The highest BCUT2D eigenvalue weighted by molar-refractivity contribution is 6.02. The fraction of sp³-hybridized carbons (Fsp3) is 0.421. The quantitative estimate of drug-likeness (QED) is 0.807. The van der Waals surface area contributed by atoms with E-state index in [0.29, 0.717) is 30.3 Å². The molecule has 6 nitrogen and oxygen atoms in total. The number of likely N-dealkylation sites (tertiary alicyclic amines) is 1. The Kier molecular flexibility index (Phi) is 5.16. The van der Waals surface area contributed by atoms with Crippen LogP contribution >= 0.6 is 0 Å². The first-order valence-corrected chi connectivity index (χ1v) is 8.63. The number of carbonyl (C=O) groups excluding carboxylic acids is 3. The summed E-state index contributed by atoms with van der Waals surface area (Å²) in [6.07, 6.45) is 6.90. The maximum Gasteiger partial charge on any atom is 0.229 e. The average Bonchev–Trinajstić information content (AvgIpc) is 3.19. The van der Waals surface area contributed by atoms with E-state index in [9.17, 15) is 14.4 Å². The van der Waals surface area contributed by atoms with E-state index in [1.54, 1.807) is 30.1 Å². The molecule has 0 bridgehead atoms. The van der Waals surface area contributed by atoms with Crippen molar-refractivity contribution < 1.29 is 14.4 Å². The van der Waals surface area contributed by atoms with Gasteiger partial charge in [0, 0.05) is 26.4 Å². The highest BCUT2D eigenvalue weighted by atomic mass is 16.2. The molecule has 1 aromatic rings. The first-order chi connectivity index (χ1) is 12.0. The average molecular weight is 341 g/mol. The number of amides is 3. The molecular weight excluding hydrogens is 318 g/mol. The van der Waals surface area contributed by atoms with Crippen LogP contribution in [0.1, 0.15) is 25.7 Å². The van der Waals surface area contributed by atoms with Crippen molar-refractivity contribution in [3.63, 3.8) is 0 Å². The molecule has 6 heteroatoms. The summed E-state index contributed by atoms with van der Waals surface area (Å²) in [5, 5.41) is 5.73. The van der Waals surface area contributed by atoms with Gasteiger partial charge in [0.1, 0.15) is 0 Å². The third-order valence-corrected chi connectivity index (χ3v) is 4.73. The van der Waals surface area contributed by atoms with Gasteiger partial charge in [-0.2, -0.15) is 0 Å². The highest BCUT2D eigenvalue weighted by Crippen LogP contribution is 2.26. The van der Waals surface area contributed by atoms with E-state index < -0.39 is 0 Å². The zero-order chi connectivity index (χ0) is 17.8. The second-order valence-corrected chi connectivity index (χ2v) is 6.73. The van der Waals surface area contributed by atoms with E-state index in [0.717, 1.165) is 12.8 Å². The Labute approximate surface area is 147 Å². The molecule has 0 spiro atoms. The minimum Gasteiger partial charge on any atom is -0.345 e. The summed E-state index contributed by atoms with van der Waals surface area (Å²) >= 11 is 0. The van der Waals surface area contributed by atoms with E-state index in [1.807, 2.05) is 6.07 Å². The molecule has 1 heterocycles. The Morgan fingerprint density at radius 1 is 1.20 bits per heavy atom. The molecule has 0 unspecified atom stereocenters. The molecule has 0 aromatic heterocycles. The van der Waals surface area contributed by atoms with Crippen molar-refractivity contribution >= 4 is 29.1 Å². The summed E-state index contributed by atoms with van der Waals surface area (Å²) in [6, 6.07) is 7.14. The summed E-state index contributed by atoms with van der Waals surface area (Å²) in [7, 11) is 1.70. The number of hydrogen-bond acceptors (Lipinski definition) is 3. The molecule has 1 aromatic carbocycles. The molecule has 0 radical (unpaired) electrons. The van der Waals surface area contributed by atoms with Crippen LogP contribution in [0.25, 0.3) is 0 Å². The number of hydrogen-bond donors (Lipinski definition) is 2. The topological polar surface area (TPSA) is 78.5 Å². The van der Waals surface area contributed by atoms with Crippen molar-refractivity contribution in [2.45, 2.75) is 25.7 Å². The highest BCUT2D eigenvalue weighted by Gasteiger charge is 2.32. The molecule has 2 aliphatic rings. The molecule has 1 fully saturated rings. The standard InChI is InChI=1S/C19H23N3O3/c1-22-12-14(11-18(22)24)19(25)21-16-9-5-4-8-15(16)20-17(23)10-13-6-2-3-7-13/h2,4-6,8-9,13-14H,3,7,10-12H2,1H3,(H,20,23)(H,21,25)/t13-,14-/m0/s1. The van der Waals surface area contributed by atoms with Crippen molar-refractivity contribution in [3.05, 3.63) is 36.4 Å². The van der Waals surface area contributed by atoms with E-state index >= 15 is 0 Å². The zero-order valence-corrected chi connectivity index (χ0v) is 14.3. The second-order valence-electron chi connectivity index (χ2n) is 6.73. The van der Waals surface area contributed by atoms with Crippen LogP contribution < -0.4 is 10.6 Å². The van der Waals surface area contributed by atoms with Crippen LogP contribution in [-0.2, 0) is 14.4 Å². The Morgan fingerprint density at radius 2 is 1.92 bits per heavy atom. The smallest absolute Gasteiger partial charge is 0.229 e. The number of benzene rings is 1. The Balaban J connectivity index is 1.62. The molecule has 2 N–H and O–H groups in total. The molecule has 1 aliphatic carbocycles. The number of rotatable bonds is 5. The lowest BCUT2D eigenvalue weighted by Gasteiger charge is -2.15. The maximum atomic E-state index is 12.4. The Bertz CT molecular complexity index is 714. The molecule has 3 rings (SSSR count). The van der Waals surface area contributed by atoms with Crippen LogP contribution in [0.15, 0.2) is 36.4 Å². The van der Waals surface area contributed by atoms with Gasteiger partial charge in [0.05, 0.1) is 17.3 Å². The molecule has 132 valence electrons. The lowest BCUT2D eigenvalue weighted by Crippen LogP contribution is -2.26. The van der Waals surface area contributed by atoms with Gasteiger partial charge in [0.15, 0.2) is 0 Å². The van der Waals surface area contributed by atoms with Gasteiger partial charge in [-0.3, -0.25) is 14.4 Å². The Morgan fingerprint density at radius 3 is 2.52 bits per heavy atom. The fourth-order valence-corrected chi connectivity index (χ4v) is 3.28. The van der Waals surface area contributed by atoms with Crippen molar-refractivity contribution in [2.24, 2.45) is 11.8 Å². The van der Waals surface area contributed by atoms with Crippen LogP contribution in [0.5, 0.6) is 0 Å². The van der Waals surface area contributed by atoms with Gasteiger partial charge in [0.2, 0.25) is 17.7 Å². The number of para-hydroxylation sites is 2. The number of allylic oxidation sites excluding steroid dienone is 2. The molecule has 3 amide bonds. The van der Waals surface area contributed by atoms with Crippen LogP contribution in [0.3, 0.4) is 0 Å². The fourth-order valence-electron chi connectivity index (χ4n) is 3.28. The van der Waals surface area contributed by atoms with Gasteiger partial charge in [-0.1, -0.05) is 24.3 Å².